The number of halogens is 2. The van der Waals surface area contributed by atoms with Gasteiger partial charge in [0.05, 0.1) is 17.3 Å². The smallest absolute Gasteiger partial charge is 0.413 e. The van der Waals surface area contributed by atoms with Crippen molar-refractivity contribution in [2.45, 2.75) is 67.3 Å². The molecule has 45 heavy (non-hydrogen) atoms. The van der Waals surface area contributed by atoms with Gasteiger partial charge in [0.25, 0.3) is 0 Å². The Kier molecular flexibility index (Phi) is 10.9. The highest BCUT2D eigenvalue weighted by Gasteiger charge is 2.52. The highest BCUT2D eigenvalue weighted by atomic mass is 79.9. The number of hydrogen-bond donors (Lipinski definition) is 3. The summed E-state index contributed by atoms with van der Waals surface area (Å²) in [5, 5.41) is 6.62. The number of nitrogens with two attached hydrogens (primary N) is 2. The molecule has 2 aliphatic heterocycles. The summed E-state index contributed by atoms with van der Waals surface area (Å²) in [5.41, 5.74) is 6.83. The molecule has 16 heteroatoms. The molecule has 6 atom stereocenters. The average molecular weight is 742 g/mol. The standard InChI is InChI=1S/C29H34BrClN6O6S2/c1-29(2,3)43-28(38)36-27-35-18(14-44-27)17(32)12-37(33)21-22-19(13-40-25(42-22)15-8-6-5-7-9-15)41-26(23(21)39-4)45-20-10-16(31)11-34-24(20)30/h5-12,14,19,21-23,25-26H,13,32-33H2,1-4H3,(H,35,36,38)/b17-12-. The van der Waals surface area contributed by atoms with Crippen molar-refractivity contribution in [2.75, 3.05) is 19.0 Å². The number of anilines is 1. The van der Waals surface area contributed by atoms with Gasteiger partial charge in [-0.15, -0.1) is 11.3 Å². The highest BCUT2D eigenvalue weighted by molar-refractivity contribution is 9.10. The van der Waals surface area contributed by atoms with Crippen LogP contribution in [0.15, 0.2) is 63.7 Å². The molecule has 6 unspecified atom stereocenters. The summed E-state index contributed by atoms with van der Waals surface area (Å²) in [6.07, 6.45) is 0.206. The minimum atomic E-state index is -0.649. The third-order valence-electron chi connectivity index (χ3n) is 6.71. The van der Waals surface area contributed by atoms with E-state index < -0.39 is 47.8 Å². The van der Waals surface area contributed by atoms with E-state index in [1.165, 1.54) is 28.1 Å². The quantitative estimate of drug-likeness (QED) is 0.146. The lowest BCUT2D eigenvalue weighted by Gasteiger charge is -2.51. The van der Waals surface area contributed by atoms with Crippen molar-refractivity contribution in [3.63, 3.8) is 0 Å². The van der Waals surface area contributed by atoms with Crippen LogP contribution in [0.4, 0.5) is 9.93 Å². The van der Waals surface area contributed by atoms with Crippen molar-refractivity contribution in [3.05, 3.63) is 75.1 Å². The molecule has 2 fully saturated rings. The Morgan fingerprint density at radius 3 is 2.76 bits per heavy atom. The molecule has 1 amide bonds. The predicted molar refractivity (Wildman–Crippen MR) is 176 cm³/mol. The van der Waals surface area contributed by atoms with Crippen LogP contribution in [0.25, 0.3) is 5.70 Å². The second-order valence-electron chi connectivity index (χ2n) is 11.2. The molecule has 0 aliphatic carbocycles. The van der Waals surface area contributed by atoms with Crippen molar-refractivity contribution in [1.82, 2.24) is 15.0 Å². The SMILES string of the molecule is COC1C(Sc2cc(Cl)cnc2Br)OC2COC(c3ccccc3)OC2C1N(N)/C=C(\N)c1csc(NC(=O)OC(C)(C)C)n1. The maximum Gasteiger partial charge on any atom is 0.413 e. The van der Waals surface area contributed by atoms with Gasteiger partial charge in [-0.3, -0.25) is 5.32 Å². The number of ether oxygens (including phenoxy) is 5. The maximum absolute atomic E-state index is 12.2. The molecule has 0 radical (unpaired) electrons. The van der Waals surface area contributed by atoms with Crippen LogP contribution in [0.5, 0.6) is 0 Å². The molecular formula is C29H34BrClN6O6S2. The number of methoxy groups -OCH3 is 1. The fourth-order valence-electron chi connectivity index (χ4n) is 4.81. The van der Waals surface area contributed by atoms with Crippen LogP contribution in [0.3, 0.4) is 0 Å². The molecule has 5 N–H and O–H groups in total. The van der Waals surface area contributed by atoms with Gasteiger partial charge < -0.3 is 34.4 Å². The first-order valence-electron chi connectivity index (χ1n) is 13.9. The molecule has 5 rings (SSSR count). The van der Waals surface area contributed by atoms with Crippen LogP contribution in [0.1, 0.15) is 38.3 Å². The van der Waals surface area contributed by atoms with Gasteiger partial charge in [-0.05, 0) is 42.8 Å². The maximum atomic E-state index is 12.2. The van der Waals surface area contributed by atoms with Gasteiger partial charge in [0.2, 0.25) is 0 Å². The average Bonchev–Trinajstić information content (AvgIpc) is 3.46. The highest BCUT2D eigenvalue weighted by Crippen LogP contribution is 2.42. The zero-order chi connectivity index (χ0) is 32.3. The number of thioether (sulfide) groups is 1. The molecule has 242 valence electrons. The van der Waals surface area contributed by atoms with Gasteiger partial charge in [-0.25, -0.2) is 20.6 Å². The monoisotopic (exact) mass is 740 g/mol. The summed E-state index contributed by atoms with van der Waals surface area (Å²) in [7, 11) is 1.59. The van der Waals surface area contributed by atoms with Crippen LogP contribution in [0, 0.1) is 0 Å². The normalized spacial score (nSPS) is 25.4. The second-order valence-corrected chi connectivity index (χ2v) is 14.4. The van der Waals surface area contributed by atoms with Crippen molar-refractivity contribution >= 4 is 67.6 Å². The van der Waals surface area contributed by atoms with E-state index in [-0.39, 0.29) is 12.3 Å². The van der Waals surface area contributed by atoms with Crippen molar-refractivity contribution in [1.29, 1.82) is 0 Å². The topological polar surface area (TPSA) is 156 Å². The minimum absolute atomic E-state index is 0.252. The van der Waals surface area contributed by atoms with Gasteiger partial charge in [0.15, 0.2) is 11.4 Å². The first-order valence-corrected chi connectivity index (χ1v) is 16.8. The number of thiazole rings is 1. The number of carbonyl (C=O) groups is 1. The number of fused-ring (bicyclic) bond motifs is 1. The van der Waals surface area contributed by atoms with Gasteiger partial charge >= 0.3 is 6.09 Å². The van der Waals surface area contributed by atoms with Crippen molar-refractivity contribution < 1.29 is 28.5 Å². The van der Waals surface area contributed by atoms with Crippen molar-refractivity contribution in [2.24, 2.45) is 11.6 Å². The molecule has 1 aromatic carbocycles. The summed E-state index contributed by atoms with van der Waals surface area (Å²) in [5.74, 6) is 6.76. The third kappa shape index (κ3) is 8.47. The zero-order valence-electron chi connectivity index (χ0n) is 24.9. The minimum Gasteiger partial charge on any atom is -0.444 e. The Labute approximate surface area is 282 Å². The predicted octanol–water partition coefficient (Wildman–Crippen LogP) is 5.75. The van der Waals surface area contributed by atoms with Crippen LogP contribution in [-0.2, 0) is 23.7 Å². The molecule has 3 aromatic rings. The first-order chi connectivity index (χ1) is 21.4. The molecular weight excluding hydrogens is 708 g/mol. The molecule has 2 aliphatic rings. The number of pyridine rings is 1. The Bertz CT molecular complexity index is 1510. The Morgan fingerprint density at radius 1 is 1.29 bits per heavy atom. The molecule has 0 spiro atoms. The largest absolute Gasteiger partial charge is 0.444 e. The third-order valence-corrected chi connectivity index (χ3v) is 9.75. The number of nitrogens with one attached hydrogen (secondary N) is 1. The van der Waals surface area contributed by atoms with Crippen LogP contribution < -0.4 is 16.9 Å². The number of aromatic nitrogens is 2. The lowest BCUT2D eigenvalue weighted by molar-refractivity contribution is -0.309. The summed E-state index contributed by atoms with van der Waals surface area (Å²) < 4.78 is 31.1. The number of hydrazine groups is 1. The second kappa shape index (κ2) is 14.5. The Morgan fingerprint density at radius 2 is 2.04 bits per heavy atom. The molecule has 2 aromatic heterocycles. The number of rotatable bonds is 8. The fraction of sp³-hybridized carbons (Fsp3) is 0.414. The zero-order valence-corrected chi connectivity index (χ0v) is 28.9. The first kappa shape index (κ1) is 33.9. The molecule has 0 bridgehead atoms. The summed E-state index contributed by atoms with van der Waals surface area (Å²) in [6, 6.07) is 10.8. The number of benzene rings is 1. The number of nitrogens with zero attached hydrogens (tertiary/aromatic N) is 3. The Balaban J connectivity index is 1.42. The summed E-state index contributed by atoms with van der Waals surface area (Å²) in [6.45, 7) is 5.59. The van der Waals surface area contributed by atoms with Crippen LogP contribution >= 0.6 is 50.6 Å². The number of amides is 1. The van der Waals surface area contributed by atoms with E-state index in [0.29, 0.717) is 20.5 Å². The van der Waals surface area contributed by atoms with Gasteiger partial charge in [-0.2, -0.15) is 0 Å². The summed E-state index contributed by atoms with van der Waals surface area (Å²) >= 11 is 12.3. The molecule has 4 heterocycles. The molecule has 2 saturated heterocycles. The van der Waals surface area contributed by atoms with Gasteiger partial charge in [0.1, 0.15) is 45.7 Å². The number of hydrogen-bond acceptors (Lipinski definition) is 13. The van der Waals surface area contributed by atoms with E-state index in [4.69, 9.17) is 46.9 Å². The van der Waals surface area contributed by atoms with Crippen molar-refractivity contribution in [3.8, 4) is 0 Å². The van der Waals surface area contributed by atoms with E-state index in [0.717, 1.165) is 10.5 Å². The van der Waals surface area contributed by atoms with E-state index in [1.807, 2.05) is 30.3 Å². The van der Waals surface area contributed by atoms with Gasteiger partial charge in [0, 0.05) is 35.3 Å². The fourth-order valence-corrected chi connectivity index (χ4v) is 7.44. The lowest BCUT2D eigenvalue weighted by Crippen LogP contribution is -2.67. The Hall–Kier alpha value is -2.47. The summed E-state index contributed by atoms with van der Waals surface area (Å²) in [4.78, 5) is 21.7. The van der Waals surface area contributed by atoms with E-state index >= 15 is 0 Å². The lowest BCUT2D eigenvalue weighted by atomic mass is 9.95. The van der Waals surface area contributed by atoms with Crippen LogP contribution in [0.2, 0.25) is 5.02 Å². The number of carbonyl (C=O) groups excluding carboxylic acids is 1. The van der Waals surface area contributed by atoms with Crippen LogP contribution in [-0.4, -0.2) is 70.2 Å². The molecule has 0 saturated carbocycles. The van der Waals surface area contributed by atoms with E-state index in [9.17, 15) is 4.79 Å². The molecule has 12 nitrogen and oxygen atoms in total. The van der Waals surface area contributed by atoms with Gasteiger partial charge in [-0.1, -0.05) is 53.7 Å². The van der Waals surface area contributed by atoms with E-state index in [2.05, 4.69) is 31.2 Å². The van der Waals surface area contributed by atoms with E-state index in [1.54, 1.807) is 51.7 Å².